The molecule has 0 radical (unpaired) electrons. The molecule has 1 unspecified atom stereocenters. The lowest BCUT2D eigenvalue weighted by Crippen LogP contribution is -2.30. The van der Waals surface area contributed by atoms with Crippen LogP contribution >= 0.6 is 22.9 Å². The van der Waals surface area contributed by atoms with Crippen molar-refractivity contribution in [1.82, 2.24) is 0 Å². The quantitative estimate of drug-likeness (QED) is 0.342. The van der Waals surface area contributed by atoms with Crippen LogP contribution in [0.5, 0.6) is 5.75 Å². The van der Waals surface area contributed by atoms with Gasteiger partial charge < -0.3 is 14.3 Å². The van der Waals surface area contributed by atoms with Gasteiger partial charge in [-0.25, -0.2) is 0 Å². The van der Waals surface area contributed by atoms with Crippen LogP contribution in [0.25, 0.3) is 11.0 Å². The second kappa shape index (κ2) is 8.10. The number of furan rings is 1. The number of hydrogen-bond donors (Lipinski definition) is 1. The van der Waals surface area contributed by atoms with Gasteiger partial charge in [-0.2, -0.15) is 0 Å². The molecule has 2 aromatic carbocycles. The Labute approximate surface area is 198 Å². The number of amides is 1. The molecule has 0 saturated heterocycles. The number of nitrogens with zero attached hydrogens (tertiary/aromatic N) is 1. The molecule has 1 amide bonds. The maximum atomic E-state index is 13.7. The smallest absolute Gasteiger partial charge is 0.294 e. The molecule has 0 fully saturated rings. The Morgan fingerprint density at radius 2 is 1.94 bits per heavy atom. The maximum Gasteiger partial charge on any atom is 0.294 e. The summed E-state index contributed by atoms with van der Waals surface area (Å²) < 4.78 is 11.2. The molecular weight excluding hydrogens is 462 g/mol. The lowest BCUT2D eigenvalue weighted by atomic mass is 9.98. The van der Waals surface area contributed by atoms with Gasteiger partial charge in [0.05, 0.1) is 12.7 Å². The number of anilines is 1. The van der Waals surface area contributed by atoms with Gasteiger partial charge in [-0.15, -0.1) is 11.3 Å². The van der Waals surface area contributed by atoms with Crippen LogP contribution < -0.4 is 9.64 Å². The zero-order chi connectivity index (χ0) is 23.3. The number of carbonyl (C=O) groups is 2. The summed E-state index contributed by atoms with van der Waals surface area (Å²) in [5.41, 5.74) is 1.82. The van der Waals surface area contributed by atoms with Gasteiger partial charge in [0.1, 0.15) is 6.04 Å². The van der Waals surface area contributed by atoms with Gasteiger partial charge in [-0.3, -0.25) is 14.5 Å². The Morgan fingerprint density at radius 1 is 1.18 bits per heavy atom. The molecule has 1 aliphatic heterocycles. The van der Waals surface area contributed by atoms with Crippen LogP contribution in [-0.2, 0) is 4.79 Å². The van der Waals surface area contributed by atoms with E-state index in [1.807, 2.05) is 18.4 Å². The van der Waals surface area contributed by atoms with Crippen LogP contribution in [0.1, 0.15) is 27.0 Å². The van der Waals surface area contributed by atoms with Crippen LogP contribution in [0, 0.1) is 6.92 Å². The summed E-state index contributed by atoms with van der Waals surface area (Å²) in [5.74, 6) is -1.32. The number of halogens is 1. The number of hydrogen-bond acceptors (Lipinski definition) is 6. The number of Topliss-reactive ketones (excluding diaryl/α,β-unsaturated/α-hetero) is 1. The average molecular weight is 480 g/mol. The van der Waals surface area contributed by atoms with E-state index in [1.165, 1.54) is 23.3 Å². The lowest BCUT2D eigenvalue weighted by Gasteiger charge is -2.26. The molecule has 3 heterocycles. The van der Waals surface area contributed by atoms with E-state index in [9.17, 15) is 14.7 Å². The van der Waals surface area contributed by atoms with Gasteiger partial charge >= 0.3 is 0 Å². The molecule has 0 saturated carbocycles. The third kappa shape index (κ3) is 3.41. The number of para-hydroxylation sites is 1. The topological polar surface area (TPSA) is 80.0 Å². The minimum Gasteiger partial charge on any atom is -0.503 e. The van der Waals surface area contributed by atoms with Crippen molar-refractivity contribution in [2.45, 2.75) is 13.0 Å². The number of ether oxygens (including phenoxy) is 1. The summed E-state index contributed by atoms with van der Waals surface area (Å²) in [6.07, 6.45) is 0. The normalized spacial score (nSPS) is 16.2. The van der Waals surface area contributed by atoms with Gasteiger partial charge in [0.15, 0.2) is 22.9 Å². The summed E-state index contributed by atoms with van der Waals surface area (Å²) in [6.45, 7) is 1.90. The fraction of sp³-hybridized carbons (Fsp3) is 0.120. The Bertz CT molecular complexity index is 1430. The number of aliphatic hydroxyl groups excluding tert-OH is 1. The highest BCUT2D eigenvalue weighted by Crippen LogP contribution is 2.45. The van der Waals surface area contributed by atoms with Gasteiger partial charge in [-0.05, 0) is 60.3 Å². The number of aryl methyl sites for hydroxylation is 1. The highest BCUT2D eigenvalue weighted by Gasteiger charge is 2.46. The third-order valence-corrected chi connectivity index (χ3v) is 6.98. The molecule has 8 heteroatoms. The first kappa shape index (κ1) is 21.3. The van der Waals surface area contributed by atoms with Gasteiger partial charge in [0.25, 0.3) is 5.91 Å². The number of carbonyl (C=O) groups excluding carboxylic acids is 2. The Kier molecular flexibility index (Phi) is 5.23. The Morgan fingerprint density at radius 3 is 2.61 bits per heavy atom. The number of fused-ring (bicyclic) bond motifs is 1. The summed E-state index contributed by atoms with van der Waals surface area (Å²) in [5, 5.41) is 14.0. The molecule has 1 aliphatic rings. The number of aliphatic hydroxyl groups is 1. The molecule has 0 spiro atoms. The highest BCUT2D eigenvalue weighted by molar-refractivity contribution is 7.10. The number of rotatable bonds is 5. The molecule has 0 aliphatic carbocycles. The number of methoxy groups -OCH3 is 1. The van der Waals surface area contributed by atoms with E-state index in [2.05, 4.69) is 0 Å². The summed E-state index contributed by atoms with van der Waals surface area (Å²) >= 11 is 7.44. The lowest BCUT2D eigenvalue weighted by molar-refractivity contribution is -0.117. The molecular formula is C25H18ClNO5S. The first-order valence-corrected chi connectivity index (χ1v) is 11.3. The monoisotopic (exact) mass is 479 g/mol. The van der Waals surface area contributed by atoms with Crippen molar-refractivity contribution < 1.29 is 23.8 Å². The van der Waals surface area contributed by atoms with E-state index in [-0.39, 0.29) is 11.3 Å². The van der Waals surface area contributed by atoms with Gasteiger partial charge in [0, 0.05) is 21.0 Å². The molecule has 0 bridgehead atoms. The van der Waals surface area contributed by atoms with Gasteiger partial charge in [0.2, 0.25) is 5.78 Å². The number of benzene rings is 2. The van der Waals surface area contributed by atoms with E-state index in [4.69, 9.17) is 20.8 Å². The predicted octanol–water partition coefficient (Wildman–Crippen LogP) is 6.25. The van der Waals surface area contributed by atoms with Crippen LogP contribution in [0.4, 0.5) is 5.69 Å². The molecule has 1 N–H and O–H groups in total. The second-order valence-electron chi connectivity index (χ2n) is 7.60. The first-order valence-electron chi connectivity index (χ1n) is 10.1. The zero-order valence-corrected chi connectivity index (χ0v) is 19.2. The van der Waals surface area contributed by atoms with Crippen molar-refractivity contribution in [2.24, 2.45) is 0 Å². The summed E-state index contributed by atoms with van der Waals surface area (Å²) in [7, 11) is 1.52. The van der Waals surface area contributed by atoms with E-state index >= 15 is 0 Å². The fourth-order valence-electron chi connectivity index (χ4n) is 4.06. The standard InChI is InChI=1S/C25H18ClNO5S/c1-13-10-11-33-24(13)20-19(22(29)25(30)27(20)16-8-6-15(26)7-9-16)21(28)18-12-14-4-3-5-17(31-2)23(14)32-18/h3-12,20,29H,1-2H3. The molecule has 2 aromatic heterocycles. The first-order chi connectivity index (χ1) is 15.9. The van der Waals surface area contributed by atoms with E-state index in [0.717, 1.165) is 10.4 Å². The molecule has 33 heavy (non-hydrogen) atoms. The Balaban J connectivity index is 1.66. The molecule has 6 nitrogen and oxygen atoms in total. The maximum absolute atomic E-state index is 13.7. The third-order valence-electron chi connectivity index (χ3n) is 5.66. The zero-order valence-electron chi connectivity index (χ0n) is 17.7. The van der Waals surface area contributed by atoms with E-state index in [0.29, 0.717) is 27.4 Å². The van der Waals surface area contributed by atoms with Crippen molar-refractivity contribution in [3.8, 4) is 5.75 Å². The Hall–Kier alpha value is -3.55. The summed E-state index contributed by atoms with van der Waals surface area (Å²) in [6, 6.07) is 14.7. The van der Waals surface area contributed by atoms with Crippen LogP contribution in [0.2, 0.25) is 5.02 Å². The summed E-state index contributed by atoms with van der Waals surface area (Å²) in [4.78, 5) is 29.1. The largest absolute Gasteiger partial charge is 0.503 e. The predicted molar refractivity (Wildman–Crippen MR) is 127 cm³/mol. The minimum atomic E-state index is -0.804. The number of ketones is 1. The molecule has 4 aromatic rings. The fourth-order valence-corrected chi connectivity index (χ4v) is 5.21. The van der Waals surface area contributed by atoms with E-state index < -0.39 is 23.5 Å². The van der Waals surface area contributed by atoms with Crippen molar-refractivity contribution in [3.63, 3.8) is 0 Å². The average Bonchev–Trinajstić information content (AvgIpc) is 3.50. The second-order valence-corrected chi connectivity index (χ2v) is 8.99. The van der Waals surface area contributed by atoms with Crippen molar-refractivity contribution >= 4 is 51.3 Å². The minimum absolute atomic E-state index is 0.0148. The van der Waals surface area contributed by atoms with Crippen LogP contribution in [0.15, 0.2) is 75.7 Å². The molecule has 166 valence electrons. The van der Waals surface area contributed by atoms with Crippen LogP contribution in [-0.4, -0.2) is 23.9 Å². The SMILES string of the molecule is COc1cccc2cc(C(=O)C3=C(O)C(=O)N(c4ccc(Cl)cc4)C3c3sccc3C)oc12. The molecule has 5 rings (SSSR count). The molecule has 1 atom stereocenters. The number of thiophene rings is 1. The van der Waals surface area contributed by atoms with Crippen LogP contribution in [0.3, 0.4) is 0 Å². The van der Waals surface area contributed by atoms with Gasteiger partial charge in [-0.1, -0.05) is 23.7 Å². The van der Waals surface area contributed by atoms with Crippen molar-refractivity contribution in [1.29, 1.82) is 0 Å². The van der Waals surface area contributed by atoms with Crippen molar-refractivity contribution in [3.05, 3.63) is 92.5 Å². The van der Waals surface area contributed by atoms with E-state index in [1.54, 1.807) is 48.5 Å². The van der Waals surface area contributed by atoms with Crippen molar-refractivity contribution in [2.75, 3.05) is 12.0 Å². The highest BCUT2D eigenvalue weighted by atomic mass is 35.5.